The molecule has 0 aromatic heterocycles. The van der Waals surface area contributed by atoms with Crippen molar-refractivity contribution in [1.82, 2.24) is 4.90 Å². The Labute approximate surface area is 157 Å². The fourth-order valence-electron chi connectivity index (χ4n) is 2.48. The summed E-state index contributed by atoms with van der Waals surface area (Å²) >= 11 is 5.78. The van der Waals surface area contributed by atoms with Gasteiger partial charge in [-0.2, -0.15) is 0 Å². The van der Waals surface area contributed by atoms with Gasteiger partial charge in [0.05, 0.1) is 21.8 Å². The first-order valence-electron chi connectivity index (χ1n) is 7.72. The smallest absolute Gasteiger partial charge is 0.326 e. The highest BCUT2D eigenvalue weighted by Crippen LogP contribution is 2.23. The van der Waals surface area contributed by atoms with E-state index in [0.717, 1.165) is 17.0 Å². The first-order valence-corrected chi connectivity index (χ1v) is 8.10. The largest absolute Gasteiger partial charge is 0.454 e. The second-order valence-corrected chi connectivity index (χ2v) is 5.98. The maximum Gasteiger partial charge on any atom is 0.326 e. The molecular formula is C18H12ClFN2O5. The lowest BCUT2D eigenvalue weighted by molar-refractivity contribution is -0.147. The summed E-state index contributed by atoms with van der Waals surface area (Å²) in [7, 11) is 0. The highest BCUT2D eigenvalue weighted by atomic mass is 35.5. The van der Waals surface area contributed by atoms with E-state index >= 15 is 0 Å². The number of hydrogen-bond donors (Lipinski definition) is 1. The minimum absolute atomic E-state index is 0.0132. The molecule has 0 radical (unpaired) electrons. The van der Waals surface area contributed by atoms with E-state index in [0.29, 0.717) is 0 Å². The maximum absolute atomic E-state index is 13.0. The van der Waals surface area contributed by atoms with E-state index in [1.807, 2.05) is 0 Å². The summed E-state index contributed by atoms with van der Waals surface area (Å²) in [5.74, 6) is -3.40. The summed E-state index contributed by atoms with van der Waals surface area (Å²) in [5.41, 5.74) is 0.567. The van der Waals surface area contributed by atoms with Crippen LogP contribution in [0.2, 0.25) is 5.02 Å². The van der Waals surface area contributed by atoms with Crippen LogP contribution in [-0.4, -0.2) is 41.7 Å². The van der Waals surface area contributed by atoms with Crippen LogP contribution in [0.1, 0.15) is 20.7 Å². The van der Waals surface area contributed by atoms with E-state index in [1.165, 1.54) is 18.2 Å². The highest BCUT2D eigenvalue weighted by molar-refractivity contribution is 6.33. The van der Waals surface area contributed by atoms with Crippen molar-refractivity contribution in [2.24, 2.45) is 0 Å². The predicted octanol–water partition coefficient (Wildman–Crippen LogP) is 2.26. The van der Waals surface area contributed by atoms with Crippen LogP contribution in [0.3, 0.4) is 0 Å². The van der Waals surface area contributed by atoms with Gasteiger partial charge in [0.15, 0.2) is 6.61 Å². The quantitative estimate of drug-likeness (QED) is 0.624. The monoisotopic (exact) mass is 390 g/mol. The number of nitrogens with one attached hydrogen (secondary N) is 1. The van der Waals surface area contributed by atoms with Crippen molar-refractivity contribution in [1.29, 1.82) is 0 Å². The van der Waals surface area contributed by atoms with Crippen molar-refractivity contribution in [2.75, 3.05) is 18.5 Å². The van der Waals surface area contributed by atoms with Crippen molar-refractivity contribution in [3.63, 3.8) is 0 Å². The molecule has 138 valence electrons. The zero-order chi connectivity index (χ0) is 19.6. The van der Waals surface area contributed by atoms with Gasteiger partial charge < -0.3 is 10.1 Å². The van der Waals surface area contributed by atoms with E-state index in [-0.39, 0.29) is 21.8 Å². The third kappa shape index (κ3) is 3.95. The van der Waals surface area contributed by atoms with Gasteiger partial charge in [0.1, 0.15) is 12.4 Å². The lowest BCUT2D eigenvalue weighted by atomic mass is 10.1. The Balaban J connectivity index is 1.54. The van der Waals surface area contributed by atoms with Gasteiger partial charge in [0.2, 0.25) is 0 Å². The Bertz CT molecular complexity index is 928. The molecule has 0 atom stereocenters. The van der Waals surface area contributed by atoms with Crippen LogP contribution < -0.4 is 5.32 Å². The number of esters is 1. The molecule has 0 unspecified atom stereocenters. The number of benzene rings is 2. The van der Waals surface area contributed by atoms with Gasteiger partial charge >= 0.3 is 5.97 Å². The predicted molar refractivity (Wildman–Crippen MR) is 92.8 cm³/mol. The molecule has 0 fully saturated rings. The number of imide groups is 1. The van der Waals surface area contributed by atoms with Crippen LogP contribution in [0.25, 0.3) is 0 Å². The zero-order valence-corrected chi connectivity index (χ0v) is 14.5. The Morgan fingerprint density at radius 3 is 2.30 bits per heavy atom. The van der Waals surface area contributed by atoms with Crippen molar-refractivity contribution in [2.45, 2.75) is 0 Å². The number of fused-ring (bicyclic) bond motifs is 1. The summed E-state index contributed by atoms with van der Waals surface area (Å²) in [6.07, 6.45) is 0. The number of halogens is 2. The lowest BCUT2D eigenvalue weighted by Gasteiger charge is -2.13. The van der Waals surface area contributed by atoms with Crippen LogP contribution in [0.4, 0.5) is 10.1 Å². The van der Waals surface area contributed by atoms with E-state index in [9.17, 15) is 23.6 Å². The molecule has 3 rings (SSSR count). The van der Waals surface area contributed by atoms with Gasteiger partial charge in [-0.3, -0.25) is 24.1 Å². The zero-order valence-electron chi connectivity index (χ0n) is 13.7. The molecule has 0 spiro atoms. The molecule has 0 saturated heterocycles. The molecule has 1 heterocycles. The van der Waals surface area contributed by atoms with Crippen molar-refractivity contribution >= 4 is 41.0 Å². The molecule has 0 aliphatic carbocycles. The first kappa shape index (κ1) is 18.5. The minimum Gasteiger partial charge on any atom is -0.454 e. The summed E-state index contributed by atoms with van der Waals surface area (Å²) in [6.45, 7) is -1.27. The number of ether oxygens (including phenoxy) is 1. The number of anilines is 1. The Morgan fingerprint density at radius 2 is 1.70 bits per heavy atom. The molecule has 0 bridgehead atoms. The van der Waals surface area contributed by atoms with Gasteiger partial charge in [-0.1, -0.05) is 23.7 Å². The van der Waals surface area contributed by atoms with Crippen LogP contribution in [0, 0.1) is 5.82 Å². The molecule has 1 aliphatic heterocycles. The highest BCUT2D eigenvalue weighted by Gasteiger charge is 2.36. The fraction of sp³-hybridized carbons (Fsp3) is 0.111. The fourth-order valence-corrected chi connectivity index (χ4v) is 2.70. The molecule has 0 saturated carbocycles. The summed E-state index contributed by atoms with van der Waals surface area (Å²) in [4.78, 5) is 48.8. The van der Waals surface area contributed by atoms with Crippen LogP contribution in [0.15, 0.2) is 42.5 Å². The summed E-state index contributed by atoms with van der Waals surface area (Å²) in [5, 5.41) is 2.34. The molecule has 7 nitrogen and oxygen atoms in total. The summed E-state index contributed by atoms with van der Waals surface area (Å²) in [6, 6.07) is 9.58. The van der Waals surface area contributed by atoms with Gasteiger partial charge in [0.25, 0.3) is 17.7 Å². The van der Waals surface area contributed by atoms with E-state index in [2.05, 4.69) is 5.32 Å². The normalized spacial score (nSPS) is 12.7. The van der Waals surface area contributed by atoms with E-state index < -0.39 is 42.7 Å². The molecule has 27 heavy (non-hydrogen) atoms. The van der Waals surface area contributed by atoms with Crippen LogP contribution >= 0.6 is 11.6 Å². The number of rotatable bonds is 5. The van der Waals surface area contributed by atoms with Crippen molar-refractivity contribution in [3.05, 3.63) is 64.4 Å². The van der Waals surface area contributed by atoms with Gasteiger partial charge in [-0.15, -0.1) is 0 Å². The molecule has 1 N–H and O–H groups in total. The Kier molecular flexibility index (Phi) is 5.18. The van der Waals surface area contributed by atoms with E-state index in [4.69, 9.17) is 16.3 Å². The number of hydrogen-bond acceptors (Lipinski definition) is 5. The molecule has 2 aromatic rings. The average Bonchev–Trinajstić information content (AvgIpc) is 2.88. The van der Waals surface area contributed by atoms with Crippen LogP contribution in [-0.2, 0) is 14.3 Å². The van der Waals surface area contributed by atoms with Gasteiger partial charge in [0, 0.05) is 0 Å². The summed E-state index contributed by atoms with van der Waals surface area (Å²) < 4.78 is 17.8. The molecule has 9 heteroatoms. The van der Waals surface area contributed by atoms with Crippen LogP contribution in [0.5, 0.6) is 0 Å². The molecule has 3 amide bonds. The molecule has 1 aliphatic rings. The first-order chi connectivity index (χ1) is 12.9. The van der Waals surface area contributed by atoms with Gasteiger partial charge in [-0.25, -0.2) is 4.39 Å². The maximum atomic E-state index is 13.0. The van der Waals surface area contributed by atoms with E-state index in [1.54, 1.807) is 12.1 Å². The number of carbonyl (C=O) groups is 4. The minimum atomic E-state index is -0.926. The molecule has 2 aromatic carbocycles. The molecular weight excluding hydrogens is 379 g/mol. The second kappa shape index (κ2) is 7.55. The third-order valence-electron chi connectivity index (χ3n) is 3.73. The number of amides is 3. The number of carbonyl (C=O) groups excluding carboxylic acids is 4. The topological polar surface area (TPSA) is 92.8 Å². The van der Waals surface area contributed by atoms with Crippen molar-refractivity contribution in [3.8, 4) is 0 Å². The Morgan fingerprint density at radius 1 is 1.07 bits per heavy atom. The SMILES string of the molecule is O=C(COC(=O)CN1C(=O)c2ccccc2C1=O)Nc1ccc(F)cc1Cl. The second-order valence-electron chi connectivity index (χ2n) is 5.58. The lowest BCUT2D eigenvalue weighted by Crippen LogP contribution is -2.36. The van der Waals surface area contributed by atoms with Crippen molar-refractivity contribution < 1.29 is 28.3 Å². The Hall–Kier alpha value is -3.26. The standard InChI is InChI=1S/C18H12ClFN2O5/c19-13-7-10(20)5-6-14(13)21-15(23)9-27-16(24)8-22-17(25)11-3-1-2-4-12(11)18(22)26/h1-7H,8-9H2,(H,21,23). The number of nitrogens with zero attached hydrogens (tertiary/aromatic N) is 1. The third-order valence-corrected chi connectivity index (χ3v) is 4.05. The van der Waals surface area contributed by atoms with Gasteiger partial charge in [-0.05, 0) is 30.3 Å². The average molecular weight is 391 g/mol.